The first-order valence-corrected chi connectivity index (χ1v) is 9.31. The van der Waals surface area contributed by atoms with Gasteiger partial charge in [-0.05, 0) is 61.8 Å². The minimum atomic E-state index is -4.41. The second kappa shape index (κ2) is 9.10. The first kappa shape index (κ1) is 20.2. The first-order chi connectivity index (χ1) is 13.4. The molecule has 0 saturated carbocycles. The Morgan fingerprint density at radius 1 is 1.07 bits per heavy atom. The maximum Gasteiger partial charge on any atom is 0.416 e. The van der Waals surface area contributed by atoms with Gasteiger partial charge in [-0.3, -0.25) is 9.69 Å². The van der Waals surface area contributed by atoms with Crippen LogP contribution in [0.3, 0.4) is 0 Å². The summed E-state index contributed by atoms with van der Waals surface area (Å²) in [6, 6.07) is 12.2. The van der Waals surface area contributed by atoms with E-state index in [0.717, 1.165) is 37.3 Å². The van der Waals surface area contributed by atoms with E-state index in [9.17, 15) is 18.0 Å². The van der Waals surface area contributed by atoms with Crippen LogP contribution < -0.4 is 10.1 Å². The monoisotopic (exact) mass is 392 g/mol. The van der Waals surface area contributed by atoms with Crippen LogP contribution in [0.5, 0.6) is 5.75 Å². The van der Waals surface area contributed by atoms with Gasteiger partial charge in [-0.15, -0.1) is 0 Å². The SMILES string of the molecule is O=C(NCCOc1cccc(C(F)(F)F)c1)c1cccc(CN2CCCC2)c1. The van der Waals surface area contributed by atoms with Gasteiger partial charge in [-0.25, -0.2) is 0 Å². The molecule has 2 aromatic rings. The van der Waals surface area contributed by atoms with Gasteiger partial charge in [0.1, 0.15) is 12.4 Å². The Balaban J connectivity index is 1.47. The smallest absolute Gasteiger partial charge is 0.416 e. The van der Waals surface area contributed by atoms with E-state index in [1.165, 1.54) is 25.0 Å². The predicted molar refractivity (Wildman–Crippen MR) is 100 cm³/mol. The van der Waals surface area contributed by atoms with E-state index >= 15 is 0 Å². The molecule has 1 fully saturated rings. The van der Waals surface area contributed by atoms with E-state index in [1.807, 2.05) is 18.2 Å². The third kappa shape index (κ3) is 5.73. The van der Waals surface area contributed by atoms with E-state index in [1.54, 1.807) is 6.07 Å². The van der Waals surface area contributed by atoms with E-state index < -0.39 is 11.7 Å². The number of hydrogen-bond donors (Lipinski definition) is 1. The molecule has 0 bridgehead atoms. The average molecular weight is 392 g/mol. The first-order valence-electron chi connectivity index (χ1n) is 9.31. The van der Waals surface area contributed by atoms with Crippen LogP contribution >= 0.6 is 0 Å². The maximum atomic E-state index is 12.7. The summed E-state index contributed by atoms with van der Waals surface area (Å²) in [5.74, 6) is -0.104. The quantitative estimate of drug-likeness (QED) is 0.721. The zero-order valence-corrected chi connectivity index (χ0v) is 15.5. The fourth-order valence-corrected chi connectivity index (χ4v) is 3.21. The number of carbonyl (C=O) groups excluding carboxylic acids is 1. The van der Waals surface area contributed by atoms with Crippen LogP contribution in [0.4, 0.5) is 13.2 Å². The Morgan fingerprint density at radius 3 is 2.57 bits per heavy atom. The van der Waals surface area contributed by atoms with Gasteiger partial charge in [-0.2, -0.15) is 13.2 Å². The molecule has 28 heavy (non-hydrogen) atoms. The van der Waals surface area contributed by atoms with Crippen molar-refractivity contribution in [2.75, 3.05) is 26.2 Å². The van der Waals surface area contributed by atoms with Crippen molar-refractivity contribution in [2.24, 2.45) is 0 Å². The minimum absolute atomic E-state index is 0.0838. The summed E-state index contributed by atoms with van der Waals surface area (Å²) in [7, 11) is 0. The summed E-state index contributed by atoms with van der Waals surface area (Å²) in [5, 5.41) is 2.74. The molecule has 0 aromatic heterocycles. The second-order valence-electron chi connectivity index (χ2n) is 6.81. The van der Waals surface area contributed by atoms with Crippen LogP contribution in [-0.2, 0) is 12.7 Å². The average Bonchev–Trinajstić information content (AvgIpc) is 3.18. The molecule has 3 rings (SSSR count). The molecule has 0 aliphatic carbocycles. The highest BCUT2D eigenvalue weighted by Gasteiger charge is 2.30. The van der Waals surface area contributed by atoms with Gasteiger partial charge in [0.2, 0.25) is 0 Å². The van der Waals surface area contributed by atoms with Gasteiger partial charge in [-0.1, -0.05) is 18.2 Å². The van der Waals surface area contributed by atoms with E-state index in [2.05, 4.69) is 10.2 Å². The molecule has 2 aromatic carbocycles. The molecular weight excluding hydrogens is 369 g/mol. The molecule has 1 amide bonds. The fraction of sp³-hybridized carbons (Fsp3) is 0.381. The number of ether oxygens (including phenoxy) is 1. The molecule has 1 saturated heterocycles. The van der Waals surface area contributed by atoms with Gasteiger partial charge in [0, 0.05) is 12.1 Å². The van der Waals surface area contributed by atoms with Crippen LogP contribution in [0.25, 0.3) is 0 Å². The summed E-state index contributed by atoms with van der Waals surface area (Å²) in [5.41, 5.74) is 0.898. The fourth-order valence-electron chi connectivity index (χ4n) is 3.21. The van der Waals surface area contributed by atoms with Crippen molar-refractivity contribution in [1.82, 2.24) is 10.2 Å². The molecule has 1 aliphatic heterocycles. The number of amides is 1. The number of benzene rings is 2. The van der Waals surface area contributed by atoms with Crippen molar-refractivity contribution in [3.05, 3.63) is 65.2 Å². The van der Waals surface area contributed by atoms with Gasteiger partial charge in [0.05, 0.1) is 12.1 Å². The lowest BCUT2D eigenvalue weighted by molar-refractivity contribution is -0.137. The Bertz CT molecular complexity index is 802. The molecule has 0 atom stereocenters. The third-order valence-electron chi connectivity index (χ3n) is 4.61. The van der Waals surface area contributed by atoms with Crippen molar-refractivity contribution in [1.29, 1.82) is 0 Å². The number of nitrogens with zero attached hydrogens (tertiary/aromatic N) is 1. The molecule has 1 aliphatic rings. The van der Waals surface area contributed by atoms with E-state index in [0.29, 0.717) is 5.56 Å². The van der Waals surface area contributed by atoms with Gasteiger partial charge in [0.25, 0.3) is 5.91 Å². The predicted octanol–water partition coefficient (Wildman–Crippen LogP) is 4.11. The second-order valence-corrected chi connectivity index (χ2v) is 6.81. The Kier molecular flexibility index (Phi) is 6.57. The lowest BCUT2D eigenvalue weighted by atomic mass is 10.1. The van der Waals surface area contributed by atoms with Crippen LogP contribution in [0.2, 0.25) is 0 Å². The summed E-state index contributed by atoms with van der Waals surface area (Å²) >= 11 is 0. The highest BCUT2D eigenvalue weighted by Crippen LogP contribution is 2.31. The number of alkyl halides is 3. The van der Waals surface area contributed by atoms with Crippen molar-refractivity contribution < 1.29 is 22.7 Å². The van der Waals surface area contributed by atoms with Crippen LogP contribution in [0, 0.1) is 0 Å². The van der Waals surface area contributed by atoms with Gasteiger partial charge in [0.15, 0.2) is 0 Å². The van der Waals surface area contributed by atoms with Crippen LogP contribution in [0.1, 0.15) is 34.3 Å². The number of hydrogen-bond acceptors (Lipinski definition) is 3. The van der Waals surface area contributed by atoms with Crippen LogP contribution in [-0.4, -0.2) is 37.0 Å². The number of carbonyl (C=O) groups is 1. The Morgan fingerprint density at radius 2 is 1.82 bits per heavy atom. The van der Waals surface area contributed by atoms with Crippen LogP contribution in [0.15, 0.2) is 48.5 Å². The number of likely N-dealkylation sites (tertiary alicyclic amines) is 1. The zero-order valence-electron chi connectivity index (χ0n) is 15.5. The standard InChI is InChI=1S/C21H23F3N2O2/c22-21(23,24)18-7-4-8-19(14-18)28-12-9-25-20(27)17-6-3-5-16(13-17)15-26-10-1-2-11-26/h3-8,13-14H,1-2,9-12,15H2,(H,25,27). The Hall–Kier alpha value is -2.54. The van der Waals surface area contributed by atoms with E-state index in [-0.39, 0.29) is 24.8 Å². The van der Waals surface area contributed by atoms with Gasteiger partial charge >= 0.3 is 6.18 Å². The highest BCUT2D eigenvalue weighted by molar-refractivity contribution is 5.94. The normalized spacial score (nSPS) is 14.8. The summed E-state index contributed by atoms with van der Waals surface area (Å²) < 4.78 is 43.4. The molecular formula is C21H23F3N2O2. The lowest BCUT2D eigenvalue weighted by Crippen LogP contribution is -2.28. The topological polar surface area (TPSA) is 41.6 Å². The lowest BCUT2D eigenvalue weighted by Gasteiger charge is -2.15. The molecule has 1 N–H and O–H groups in total. The van der Waals surface area contributed by atoms with Crippen molar-refractivity contribution in [3.8, 4) is 5.75 Å². The number of rotatable bonds is 7. The third-order valence-corrected chi connectivity index (χ3v) is 4.61. The summed E-state index contributed by atoms with van der Waals surface area (Å²) in [6.07, 6.45) is -1.98. The Labute approximate surface area is 162 Å². The highest BCUT2D eigenvalue weighted by atomic mass is 19.4. The number of nitrogens with one attached hydrogen (secondary N) is 1. The molecule has 0 unspecified atom stereocenters. The van der Waals surface area contributed by atoms with E-state index in [4.69, 9.17) is 4.74 Å². The largest absolute Gasteiger partial charge is 0.492 e. The molecule has 4 nitrogen and oxygen atoms in total. The van der Waals surface area contributed by atoms with Gasteiger partial charge < -0.3 is 10.1 Å². The molecule has 0 radical (unpaired) electrons. The molecule has 0 spiro atoms. The summed E-state index contributed by atoms with van der Waals surface area (Å²) in [6.45, 7) is 3.29. The van der Waals surface area contributed by atoms with Crippen molar-refractivity contribution >= 4 is 5.91 Å². The zero-order chi connectivity index (χ0) is 20.0. The molecule has 7 heteroatoms. The minimum Gasteiger partial charge on any atom is -0.492 e. The molecule has 150 valence electrons. The maximum absolute atomic E-state index is 12.7. The van der Waals surface area contributed by atoms with Crippen molar-refractivity contribution in [2.45, 2.75) is 25.6 Å². The number of halogens is 3. The van der Waals surface area contributed by atoms with Crippen molar-refractivity contribution in [3.63, 3.8) is 0 Å². The molecule has 1 heterocycles. The summed E-state index contributed by atoms with van der Waals surface area (Å²) in [4.78, 5) is 14.7.